The van der Waals surface area contributed by atoms with Gasteiger partial charge in [0.25, 0.3) is 0 Å². The largest absolute Gasteiger partial charge is 0.494 e. The van der Waals surface area contributed by atoms with Gasteiger partial charge in [0.2, 0.25) is 5.91 Å². The first kappa shape index (κ1) is 21.7. The number of thiazole rings is 1. The summed E-state index contributed by atoms with van der Waals surface area (Å²) in [7, 11) is 0. The van der Waals surface area contributed by atoms with Crippen molar-refractivity contribution in [2.75, 3.05) is 17.7 Å². The Morgan fingerprint density at radius 2 is 1.93 bits per heavy atom. The Bertz CT molecular complexity index is 911. The number of aromatic nitrogens is 1. The Labute approximate surface area is 184 Å². The molecule has 3 rings (SSSR count). The van der Waals surface area contributed by atoms with Gasteiger partial charge in [0.1, 0.15) is 5.75 Å². The zero-order chi connectivity index (χ0) is 20.5. The number of nitrogens with zero attached hydrogens (tertiary/aromatic N) is 1. The first-order valence-electron chi connectivity index (χ1n) is 9.51. The SMILES string of the molecule is CCCOc1ccc(-c2csc(NC(=O)CCCSc3ccc(Cl)cc3)n2)cc1. The maximum absolute atomic E-state index is 12.2. The normalized spacial score (nSPS) is 10.7. The van der Waals surface area contributed by atoms with E-state index in [0.717, 1.165) is 45.5 Å². The van der Waals surface area contributed by atoms with E-state index in [2.05, 4.69) is 17.2 Å². The van der Waals surface area contributed by atoms with E-state index in [1.165, 1.54) is 11.3 Å². The molecule has 1 heterocycles. The maximum Gasteiger partial charge on any atom is 0.226 e. The third-order valence-electron chi connectivity index (χ3n) is 4.00. The Hall–Kier alpha value is -2.02. The average Bonchev–Trinajstić information content (AvgIpc) is 3.19. The molecule has 0 aliphatic rings. The van der Waals surface area contributed by atoms with Crippen LogP contribution < -0.4 is 10.1 Å². The summed E-state index contributed by atoms with van der Waals surface area (Å²) in [5.41, 5.74) is 1.86. The lowest BCUT2D eigenvalue weighted by molar-refractivity contribution is -0.116. The number of carbonyl (C=O) groups excluding carboxylic acids is 1. The zero-order valence-corrected chi connectivity index (χ0v) is 18.6. The molecule has 0 saturated carbocycles. The molecule has 0 saturated heterocycles. The van der Waals surface area contributed by atoms with Crippen molar-refractivity contribution < 1.29 is 9.53 Å². The summed E-state index contributed by atoms with van der Waals surface area (Å²) in [5, 5.41) is 6.21. The summed E-state index contributed by atoms with van der Waals surface area (Å²) in [6, 6.07) is 15.6. The number of benzene rings is 2. The van der Waals surface area contributed by atoms with Crippen LogP contribution in [-0.2, 0) is 4.79 Å². The summed E-state index contributed by atoms with van der Waals surface area (Å²) in [4.78, 5) is 17.9. The average molecular weight is 447 g/mol. The van der Waals surface area contributed by atoms with Gasteiger partial charge in [0.15, 0.2) is 5.13 Å². The second-order valence-electron chi connectivity index (χ2n) is 6.36. The molecule has 152 valence electrons. The van der Waals surface area contributed by atoms with Gasteiger partial charge in [-0.3, -0.25) is 4.79 Å². The number of nitrogens with one attached hydrogen (secondary N) is 1. The molecule has 0 atom stereocenters. The van der Waals surface area contributed by atoms with Crippen molar-refractivity contribution in [3.8, 4) is 17.0 Å². The summed E-state index contributed by atoms with van der Waals surface area (Å²) in [6.45, 7) is 2.79. The van der Waals surface area contributed by atoms with Gasteiger partial charge in [-0.25, -0.2) is 4.98 Å². The molecule has 0 radical (unpaired) electrons. The van der Waals surface area contributed by atoms with Crippen LogP contribution in [0.4, 0.5) is 5.13 Å². The molecular weight excluding hydrogens is 424 g/mol. The molecule has 4 nitrogen and oxygen atoms in total. The van der Waals surface area contributed by atoms with E-state index in [4.69, 9.17) is 16.3 Å². The Morgan fingerprint density at radius 3 is 2.66 bits per heavy atom. The number of hydrogen-bond donors (Lipinski definition) is 1. The molecule has 1 aromatic heterocycles. The molecule has 0 aliphatic heterocycles. The number of thioether (sulfide) groups is 1. The number of amides is 1. The monoisotopic (exact) mass is 446 g/mol. The van der Waals surface area contributed by atoms with Gasteiger partial charge < -0.3 is 10.1 Å². The molecule has 0 bridgehead atoms. The summed E-state index contributed by atoms with van der Waals surface area (Å²) in [5.74, 6) is 1.73. The van der Waals surface area contributed by atoms with Crippen LogP contribution in [0, 0.1) is 0 Å². The number of rotatable bonds is 10. The van der Waals surface area contributed by atoms with E-state index >= 15 is 0 Å². The fourth-order valence-electron chi connectivity index (χ4n) is 2.54. The third kappa shape index (κ3) is 7.07. The summed E-state index contributed by atoms with van der Waals surface area (Å²) >= 11 is 9.04. The highest BCUT2D eigenvalue weighted by Crippen LogP contribution is 2.27. The van der Waals surface area contributed by atoms with Gasteiger partial charge in [-0.1, -0.05) is 18.5 Å². The standard InChI is InChI=1S/C22H23ClN2O2S2/c1-2-13-27-18-9-5-16(6-10-18)20-15-29-22(24-20)25-21(26)4-3-14-28-19-11-7-17(23)8-12-19/h5-12,15H,2-4,13-14H2,1H3,(H,24,25,26). The molecule has 0 spiro atoms. The minimum Gasteiger partial charge on any atom is -0.494 e. The van der Waals surface area contributed by atoms with Crippen LogP contribution in [0.25, 0.3) is 11.3 Å². The molecule has 0 aliphatic carbocycles. The van der Waals surface area contributed by atoms with Crippen molar-refractivity contribution >= 4 is 45.7 Å². The number of carbonyl (C=O) groups is 1. The van der Waals surface area contributed by atoms with E-state index in [1.54, 1.807) is 11.8 Å². The van der Waals surface area contributed by atoms with E-state index < -0.39 is 0 Å². The Balaban J connectivity index is 1.43. The van der Waals surface area contributed by atoms with E-state index in [0.29, 0.717) is 18.2 Å². The first-order chi connectivity index (χ1) is 14.1. The Morgan fingerprint density at radius 1 is 1.17 bits per heavy atom. The molecular formula is C22H23ClN2O2S2. The van der Waals surface area contributed by atoms with Crippen molar-refractivity contribution in [3.05, 3.63) is 58.9 Å². The van der Waals surface area contributed by atoms with Crippen molar-refractivity contribution in [1.29, 1.82) is 0 Å². The summed E-state index contributed by atoms with van der Waals surface area (Å²) < 4.78 is 5.60. The minimum atomic E-state index is -0.00841. The van der Waals surface area contributed by atoms with E-state index in [-0.39, 0.29) is 5.91 Å². The predicted molar refractivity (Wildman–Crippen MR) is 123 cm³/mol. The van der Waals surface area contributed by atoms with Crippen LogP contribution in [0.5, 0.6) is 5.75 Å². The van der Waals surface area contributed by atoms with Crippen molar-refractivity contribution in [3.63, 3.8) is 0 Å². The molecule has 2 aromatic carbocycles. The van der Waals surface area contributed by atoms with E-state index in [1.807, 2.05) is 53.9 Å². The number of halogens is 1. The molecule has 0 fully saturated rings. The first-order valence-corrected chi connectivity index (χ1v) is 11.8. The quantitative estimate of drug-likeness (QED) is 0.276. The van der Waals surface area contributed by atoms with E-state index in [9.17, 15) is 4.79 Å². The van der Waals surface area contributed by atoms with Crippen LogP contribution in [0.2, 0.25) is 5.02 Å². The van der Waals surface area contributed by atoms with Gasteiger partial charge in [-0.2, -0.15) is 0 Å². The second kappa shape index (κ2) is 11.2. The lowest BCUT2D eigenvalue weighted by Crippen LogP contribution is -2.11. The molecule has 29 heavy (non-hydrogen) atoms. The van der Waals surface area contributed by atoms with Gasteiger partial charge in [0.05, 0.1) is 12.3 Å². The zero-order valence-electron chi connectivity index (χ0n) is 16.2. The fourth-order valence-corrected chi connectivity index (χ4v) is 4.26. The van der Waals surface area contributed by atoms with Crippen LogP contribution in [0.3, 0.4) is 0 Å². The van der Waals surface area contributed by atoms with Gasteiger partial charge in [-0.15, -0.1) is 23.1 Å². The Kier molecular flexibility index (Phi) is 8.40. The van der Waals surface area contributed by atoms with Gasteiger partial charge in [0, 0.05) is 27.3 Å². The number of anilines is 1. The molecule has 3 aromatic rings. The molecule has 1 N–H and O–H groups in total. The highest BCUT2D eigenvalue weighted by molar-refractivity contribution is 7.99. The number of ether oxygens (including phenoxy) is 1. The predicted octanol–water partition coefficient (Wildman–Crippen LogP) is 6.76. The van der Waals surface area contributed by atoms with Crippen molar-refractivity contribution in [2.24, 2.45) is 0 Å². The molecule has 7 heteroatoms. The van der Waals surface area contributed by atoms with Crippen LogP contribution in [0.1, 0.15) is 26.2 Å². The highest BCUT2D eigenvalue weighted by Gasteiger charge is 2.08. The van der Waals surface area contributed by atoms with Crippen LogP contribution in [0.15, 0.2) is 58.8 Å². The van der Waals surface area contributed by atoms with Crippen LogP contribution in [-0.4, -0.2) is 23.3 Å². The van der Waals surface area contributed by atoms with Gasteiger partial charge >= 0.3 is 0 Å². The molecule has 0 unspecified atom stereocenters. The maximum atomic E-state index is 12.2. The number of hydrogen-bond acceptors (Lipinski definition) is 5. The van der Waals surface area contributed by atoms with Gasteiger partial charge in [-0.05, 0) is 67.1 Å². The lowest BCUT2D eigenvalue weighted by atomic mass is 10.2. The highest BCUT2D eigenvalue weighted by atomic mass is 35.5. The lowest BCUT2D eigenvalue weighted by Gasteiger charge is -2.05. The van der Waals surface area contributed by atoms with Crippen molar-refractivity contribution in [2.45, 2.75) is 31.1 Å². The summed E-state index contributed by atoms with van der Waals surface area (Å²) in [6.07, 6.45) is 2.26. The fraction of sp³-hybridized carbons (Fsp3) is 0.273. The van der Waals surface area contributed by atoms with Crippen LogP contribution >= 0.6 is 34.7 Å². The minimum absolute atomic E-state index is 0.00841. The smallest absolute Gasteiger partial charge is 0.226 e. The van der Waals surface area contributed by atoms with Crippen molar-refractivity contribution in [1.82, 2.24) is 4.98 Å². The second-order valence-corrected chi connectivity index (χ2v) is 8.83. The topological polar surface area (TPSA) is 51.2 Å². The third-order valence-corrected chi connectivity index (χ3v) is 6.11. The molecule has 1 amide bonds.